The third-order valence-corrected chi connectivity index (χ3v) is 5.07. The van der Waals surface area contributed by atoms with E-state index in [4.69, 9.17) is 14.2 Å². The molecule has 0 bridgehead atoms. The molecule has 0 atom stereocenters. The van der Waals surface area contributed by atoms with Gasteiger partial charge in [0.25, 0.3) is 11.8 Å². The number of imide groups is 1. The number of hydrogen-bond acceptors (Lipinski definition) is 6. The minimum Gasteiger partial charge on any atom is -0.497 e. The number of methoxy groups -OCH3 is 2. The number of rotatable bonds is 4. The average molecular weight is 394 g/mol. The van der Waals surface area contributed by atoms with Gasteiger partial charge in [0.05, 0.1) is 44.3 Å². The van der Waals surface area contributed by atoms with Gasteiger partial charge in [-0.3, -0.25) is 9.59 Å². The van der Waals surface area contributed by atoms with Crippen LogP contribution in [0, 0.1) is 0 Å². The Morgan fingerprint density at radius 1 is 0.931 bits per heavy atom. The Morgan fingerprint density at radius 3 is 2.41 bits per heavy atom. The minimum absolute atomic E-state index is 0.386. The smallest absolute Gasteiger partial charge is 0.267 e. The number of fused-ring (bicyclic) bond motifs is 1. The SMILES string of the molecule is COc1ccc2c(c1)C(=O)N(c1ccccc1OC)C(=O)/C2=C\N1CCOCC1. The Hall–Kier alpha value is -3.32. The van der Waals surface area contributed by atoms with E-state index >= 15 is 0 Å². The van der Waals surface area contributed by atoms with Crippen molar-refractivity contribution in [2.24, 2.45) is 0 Å². The van der Waals surface area contributed by atoms with Crippen molar-refractivity contribution in [3.8, 4) is 11.5 Å². The summed E-state index contributed by atoms with van der Waals surface area (Å²) in [4.78, 5) is 30.0. The minimum atomic E-state index is -0.410. The van der Waals surface area contributed by atoms with Crippen LogP contribution in [0.1, 0.15) is 15.9 Å². The van der Waals surface area contributed by atoms with E-state index in [0.717, 1.165) is 0 Å². The summed E-state index contributed by atoms with van der Waals surface area (Å²) in [6.07, 6.45) is 1.82. The fraction of sp³-hybridized carbons (Fsp3) is 0.273. The average Bonchev–Trinajstić information content (AvgIpc) is 2.77. The van der Waals surface area contributed by atoms with E-state index in [-0.39, 0.29) is 5.91 Å². The molecule has 0 spiro atoms. The molecule has 2 amide bonds. The van der Waals surface area contributed by atoms with Gasteiger partial charge in [-0.15, -0.1) is 0 Å². The second-order valence-electron chi connectivity index (χ2n) is 6.72. The van der Waals surface area contributed by atoms with Crippen molar-refractivity contribution >= 4 is 23.1 Å². The van der Waals surface area contributed by atoms with Crippen LogP contribution in [0.2, 0.25) is 0 Å². The molecule has 0 N–H and O–H groups in total. The third kappa shape index (κ3) is 3.45. The molecule has 1 fully saturated rings. The summed E-state index contributed by atoms with van der Waals surface area (Å²) in [5, 5.41) is 0. The zero-order valence-electron chi connectivity index (χ0n) is 16.4. The third-order valence-electron chi connectivity index (χ3n) is 5.07. The Balaban J connectivity index is 1.87. The Kier molecular flexibility index (Phi) is 5.22. The summed E-state index contributed by atoms with van der Waals surface area (Å²) in [7, 11) is 3.06. The van der Waals surface area contributed by atoms with E-state index in [1.165, 1.54) is 12.0 Å². The van der Waals surface area contributed by atoms with Gasteiger partial charge >= 0.3 is 0 Å². The lowest BCUT2D eigenvalue weighted by atomic mass is 9.93. The van der Waals surface area contributed by atoms with Crippen LogP contribution in [0.25, 0.3) is 5.57 Å². The van der Waals surface area contributed by atoms with E-state index in [2.05, 4.69) is 0 Å². The number of carbonyl (C=O) groups excluding carboxylic acids is 2. The summed E-state index contributed by atoms with van der Waals surface area (Å²) in [6, 6.07) is 12.2. The first-order valence-corrected chi connectivity index (χ1v) is 9.38. The number of nitrogens with zero attached hydrogens (tertiary/aromatic N) is 2. The van der Waals surface area contributed by atoms with Gasteiger partial charge in [-0.2, -0.15) is 0 Å². The number of amides is 2. The van der Waals surface area contributed by atoms with Crippen molar-refractivity contribution in [1.29, 1.82) is 0 Å². The number of hydrogen-bond donors (Lipinski definition) is 0. The lowest BCUT2D eigenvalue weighted by molar-refractivity contribution is -0.113. The molecule has 1 saturated heterocycles. The molecular weight excluding hydrogens is 372 g/mol. The van der Waals surface area contributed by atoms with Crippen molar-refractivity contribution in [3.05, 3.63) is 59.8 Å². The van der Waals surface area contributed by atoms with Crippen LogP contribution in [0.4, 0.5) is 5.69 Å². The molecule has 0 radical (unpaired) electrons. The van der Waals surface area contributed by atoms with Crippen LogP contribution in [-0.4, -0.2) is 57.2 Å². The molecule has 7 heteroatoms. The van der Waals surface area contributed by atoms with Crippen molar-refractivity contribution in [1.82, 2.24) is 4.90 Å². The fourth-order valence-corrected chi connectivity index (χ4v) is 3.56. The van der Waals surface area contributed by atoms with E-state index in [0.29, 0.717) is 60.2 Å². The highest BCUT2D eigenvalue weighted by molar-refractivity contribution is 6.41. The van der Waals surface area contributed by atoms with Crippen LogP contribution in [0.5, 0.6) is 11.5 Å². The summed E-state index contributed by atoms with van der Waals surface area (Å²) < 4.78 is 16.1. The van der Waals surface area contributed by atoms with E-state index in [1.807, 2.05) is 11.1 Å². The van der Waals surface area contributed by atoms with Gasteiger partial charge < -0.3 is 19.1 Å². The molecule has 7 nitrogen and oxygen atoms in total. The standard InChI is InChI=1S/C22H22N2O5/c1-27-15-7-8-16-17(13-15)21(25)24(19-5-3-4-6-20(19)28-2)22(26)18(16)14-23-9-11-29-12-10-23/h3-8,13-14H,9-12H2,1-2H3/b18-14-. The van der Waals surface area contributed by atoms with Crippen molar-refractivity contribution in [2.45, 2.75) is 0 Å². The van der Waals surface area contributed by atoms with E-state index < -0.39 is 5.91 Å². The lowest BCUT2D eigenvalue weighted by Gasteiger charge is -2.32. The number of carbonyl (C=O) groups is 2. The molecule has 0 aromatic heterocycles. The van der Waals surface area contributed by atoms with Gasteiger partial charge in [-0.25, -0.2) is 4.90 Å². The molecule has 2 aromatic carbocycles. The molecule has 2 aliphatic rings. The molecule has 150 valence electrons. The number of anilines is 1. The van der Waals surface area contributed by atoms with Crippen molar-refractivity contribution in [3.63, 3.8) is 0 Å². The first kappa shape index (κ1) is 19.0. The van der Waals surface area contributed by atoms with Gasteiger partial charge in [0.1, 0.15) is 11.5 Å². The van der Waals surface area contributed by atoms with Gasteiger partial charge in [0.15, 0.2) is 0 Å². The second kappa shape index (κ2) is 7.97. The quantitative estimate of drug-likeness (QED) is 0.587. The molecule has 0 unspecified atom stereocenters. The molecule has 2 aliphatic heterocycles. The predicted molar refractivity (Wildman–Crippen MR) is 108 cm³/mol. The molecule has 29 heavy (non-hydrogen) atoms. The highest BCUT2D eigenvalue weighted by Crippen LogP contribution is 2.37. The van der Waals surface area contributed by atoms with E-state index in [1.54, 1.807) is 49.6 Å². The zero-order valence-corrected chi connectivity index (χ0v) is 16.4. The first-order chi connectivity index (χ1) is 14.1. The molecule has 0 aliphatic carbocycles. The number of benzene rings is 2. The summed E-state index contributed by atoms with van der Waals surface area (Å²) in [5.74, 6) is 0.208. The Labute approximate surface area is 169 Å². The Bertz CT molecular complexity index is 979. The monoisotopic (exact) mass is 394 g/mol. The topological polar surface area (TPSA) is 68.3 Å². The van der Waals surface area contributed by atoms with Gasteiger partial charge in [0, 0.05) is 24.9 Å². The first-order valence-electron chi connectivity index (χ1n) is 9.38. The molecule has 0 saturated carbocycles. The van der Waals surface area contributed by atoms with Gasteiger partial charge in [0.2, 0.25) is 0 Å². The normalized spacial score (nSPS) is 18.1. The van der Waals surface area contributed by atoms with Crippen molar-refractivity contribution < 1.29 is 23.8 Å². The van der Waals surface area contributed by atoms with Gasteiger partial charge in [-0.05, 0) is 30.3 Å². The number of ether oxygens (including phenoxy) is 3. The largest absolute Gasteiger partial charge is 0.497 e. The summed E-state index contributed by atoms with van der Waals surface area (Å²) in [5.41, 5.74) is 1.87. The maximum absolute atomic E-state index is 13.5. The molecule has 4 rings (SSSR count). The summed E-state index contributed by atoms with van der Waals surface area (Å²) in [6.45, 7) is 2.57. The summed E-state index contributed by atoms with van der Waals surface area (Å²) >= 11 is 0. The fourth-order valence-electron chi connectivity index (χ4n) is 3.56. The van der Waals surface area contributed by atoms with Gasteiger partial charge in [-0.1, -0.05) is 12.1 Å². The predicted octanol–water partition coefficient (Wildman–Crippen LogP) is 2.56. The van der Waals surface area contributed by atoms with Crippen LogP contribution in [-0.2, 0) is 9.53 Å². The van der Waals surface area contributed by atoms with E-state index in [9.17, 15) is 9.59 Å². The zero-order chi connectivity index (χ0) is 20.4. The van der Waals surface area contributed by atoms with Crippen LogP contribution >= 0.6 is 0 Å². The molecule has 2 aromatic rings. The Morgan fingerprint density at radius 2 is 1.69 bits per heavy atom. The second-order valence-corrected chi connectivity index (χ2v) is 6.72. The van der Waals surface area contributed by atoms with Crippen molar-refractivity contribution in [2.75, 3.05) is 45.4 Å². The molecular formula is C22H22N2O5. The highest BCUT2D eigenvalue weighted by Gasteiger charge is 2.38. The lowest BCUT2D eigenvalue weighted by Crippen LogP contribution is -2.43. The number of para-hydroxylation sites is 2. The van der Waals surface area contributed by atoms with Crippen LogP contribution < -0.4 is 14.4 Å². The molecule has 2 heterocycles. The number of morpholine rings is 1. The highest BCUT2D eigenvalue weighted by atomic mass is 16.5. The maximum Gasteiger partial charge on any atom is 0.267 e. The van der Waals surface area contributed by atoms with Crippen LogP contribution in [0.15, 0.2) is 48.7 Å². The maximum atomic E-state index is 13.5. The van der Waals surface area contributed by atoms with Crippen LogP contribution in [0.3, 0.4) is 0 Å².